The lowest BCUT2D eigenvalue weighted by Crippen LogP contribution is -2.49. The van der Waals surface area contributed by atoms with E-state index in [4.69, 9.17) is 4.74 Å². The van der Waals surface area contributed by atoms with E-state index in [0.717, 1.165) is 25.8 Å². The van der Waals surface area contributed by atoms with Crippen molar-refractivity contribution in [1.82, 2.24) is 15.1 Å². The molecule has 0 saturated carbocycles. The number of ether oxygens (including phenoxy) is 1. The number of hydrogen-bond donors (Lipinski definition) is 1. The lowest BCUT2D eigenvalue weighted by atomic mass is 9.85. The fourth-order valence-electron chi connectivity index (χ4n) is 3.27. The molecule has 2 atom stereocenters. The van der Waals surface area contributed by atoms with Gasteiger partial charge in [0.1, 0.15) is 0 Å². The first-order valence-electron chi connectivity index (χ1n) is 8.01. The van der Waals surface area contributed by atoms with Gasteiger partial charge in [0.2, 0.25) is 0 Å². The van der Waals surface area contributed by atoms with E-state index in [1.54, 1.807) is 0 Å². The van der Waals surface area contributed by atoms with Crippen LogP contribution >= 0.6 is 0 Å². The SMILES string of the molecule is CN(C)C1CCN(CC2(CNC(C)(C)C)CCOC2)C1. The third-order valence-corrected chi connectivity index (χ3v) is 4.72. The highest BCUT2D eigenvalue weighted by Crippen LogP contribution is 2.31. The average Bonchev–Trinajstić information content (AvgIpc) is 2.96. The number of likely N-dealkylation sites (tertiary alicyclic amines) is 1. The lowest BCUT2D eigenvalue weighted by molar-refractivity contribution is 0.110. The van der Waals surface area contributed by atoms with Gasteiger partial charge in [-0.15, -0.1) is 0 Å². The summed E-state index contributed by atoms with van der Waals surface area (Å²) in [5.41, 5.74) is 0.501. The first-order valence-corrected chi connectivity index (χ1v) is 8.01. The molecule has 2 aliphatic heterocycles. The summed E-state index contributed by atoms with van der Waals surface area (Å²) in [5.74, 6) is 0. The summed E-state index contributed by atoms with van der Waals surface area (Å²) >= 11 is 0. The van der Waals surface area contributed by atoms with Gasteiger partial charge in [-0.25, -0.2) is 0 Å². The van der Waals surface area contributed by atoms with Crippen LogP contribution in [-0.2, 0) is 4.74 Å². The highest BCUT2D eigenvalue weighted by molar-refractivity contribution is 4.93. The van der Waals surface area contributed by atoms with E-state index in [2.05, 4.69) is 50.0 Å². The number of hydrogen-bond acceptors (Lipinski definition) is 4. The Labute approximate surface area is 124 Å². The van der Waals surface area contributed by atoms with Crippen molar-refractivity contribution in [2.45, 2.75) is 45.2 Å². The van der Waals surface area contributed by atoms with Gasteiger partial charge in [-0.1, -0.05) is 0 Å². The fourth-order valence-corrected chi connectivity index (χ4v) is 3.27. The van der Waals surface area contributed by atoms with Gasteiger partial charge < -0.3 is 19.9 Å². The molecular formula is C16H33N3O. The maximum Gasteiger partial charge on any atom is 0.0547 e. The molecule has 20 heavy (non-hydrogen) atoms. The Hall–Kier alpha value is -0.160. The minimum Gasteiger partial charge on any atom is -0.381 e. The van der Waals surface area contributed by atoms with Crippen LogP contribution in [0.3, 0.4) is 0 Å². The predicted octanol–water partition coefficient (Wildman–Crippen LogP) is 1.42. The van der Waals surface area contributed by atoms with Gasteiger partial charge in [-0.3, -0.25) is 0 Å². The molecule has 0 radical (unpaired) electrons. The highest BCUT2D eigenvalue weighted by Gasteiger charge is 2.39. The maximum atomic E-state index is 5.73. The van der Waals surface area contributed by atoms with Gasteiger partial charge in [0.25, 0.3) is 0 Å². The Morgan fingerprint density at radius 3 is 2.60 bits per heavy atom. The minimum atomic E-state index is 0.187. The average molecular weight is 283 g/mol. The van der Waals surface area contributed by atoms with Crippen LogP contribution in [0.25, 0.3) is 0 Å². The molecule has 0 aromatic carbocycles. The van der Waals surface area contributed by atoms with Gasteiger partial charge in [-0.05, 0) is 54.3 Å². The first-order chi connectivity index (χ1) is 9.30. The molecule has 2 unspecified atom stereocenters. The van der Waals surface area contributed by atoms with E-state index in [0.29, 0.717) is 5.41 Å². The second kappa shape index (κ2) is 6.30. The Balaban J connectivity index is 1.89. The van der Waals surface area contributed by atoms with Crippen LogP contribution < -0.4 is 5.32 Å². The molecular weight excluding hydrogens is 250 g/mol. The second-order valence-corrected chi connectivity index (χ2v) is 8.05. The summed E-state index contributed by atoms with van der Waals surface area (Å²) in [6.07, 6.45) is 2.50. The van der Waals surface area contributed by atoms with Crippen LogP contribution in [0.15, 0.2) is 0 Å². The molecule has 0 bridgehead atoms. The van der Waals surface area contributed by atoms with Crippen molar-refractivity contribution in [2.24, 2.45) is 5.41 Å². The van der Waals surface area contributed by atoms with Crippen molar-refractivity contribution in [3.8, 4) is 0 Å². The zero-order valence-electron chi connectivity index (χ0n) is 14.0. The van der Waals surface area contributed by atoms with Gasteiger partial charge in [-0.2, -0.15) is 0 Å². The smallest absolute Gasteiger partial charge is 0.0547 e. The van der Waals surface area contributed by atoms with E-state index < -0.39 is 0 Å². The van der Waals surface area contributed by atoms with Crippen molar-refractivity contribution in [2.75, 3.05) is 53.5 Å². The zero-order chi connectivity index (χ0) is 14.8. The molecule has 0 spiro atoms. The van der Waals surface area contributed by atoms with Crippen LogP contribution in [0.1, 0.15) is 33.6 Å². The third kappa shape index (κ3) is 4.42. The largest absolute Gasteiger partial charge is 0.381 e. The molecule has 2 saturated heterocycles. The quantitative estimate of drug-likeness (QED) is 0.826. The third-order valence-electron chi connectivity index (χ3n) is 4.72. The minimum absolute atomic E-state index is 0.187. The first kappa shape index (κ1) is 16.2. The number of likely N-dealkylation sites (N-methyl/N-ethyl adjacent to an activating group) is 1. The van der Waals surface area contributed by atoms with Crippen LogP contribution in [0.4, 0.5) is 0 Å². The predicted molar refractivity (Wildman–Crippen MR) is 84.2 cm³/mol. The zero-order valence-corrected chi connectivity index (χ0v) is 14.0. The molecule has 4 nitrogen and oxygen atoms in total. The summed E-state index contributed by atoms with van der Waals surface area (Å²) < 4.78 is 5.73. The molecule has 2 rings (SSSR count). The molecule has 1 N–H and O–H groups in total. The Morgan fingerprint density at radius 1 is 1.35 bits per heavy atom. The van der Waals surface area contributed by atoms with Crippen molar-refractivity contribution in [3.05, 3.63) is 0 Å². The normalized spacial score (nSPS) is 32.4. The molecule has 118 valence electrons. The Bertz CT molecular complexity index is 305. The summed E-state index contributed by atoms with van der Waals surface area (Å²) in [6, 6.07) is 0.727. The van der Waals surface area contributed by atoms with E-state index in [9.17, 15) is 0 Å². The molecule has 0 aromatic rings. The lowest BCUT2D eigenvalue weighted by Gasteiger charge is -2.35. The van der Waals surface area contributed by atoms with E-state index in [-0.39, 0.29) is 5.54 Å². The van der Waals surface area contributed by atoms with Crippen LogP contribution in [0.5, 0.6) is 0 Å². The van der Waals surface area contributed by atoms with Crippen molar-refractivity contribution in [3.63, 3.8) is 0 Å². The highest BCUT2D eigenvalue weighted by atomic mass is 16.5. The van der Waals surface area contributed by atoms with Crippen LogP contribution in [0, 0.1) is 5.41 Å². The monoisotopic (exact) mass is 283 g/mol. The maximum absolute atomic E-state index is 5.73. The molecule has 2 fully saturated rings. The fraction of sp³-hybridized carbons (Fsp3) is 1.00. The molecule has 4 heteroatoms. The van der Waals surface area contributed by atoms with Gasteiger partial charge >= 0.3 is 0 Å². The molecule has 0 amide bonds. The standard InChI is InChI=1S/C16H33N3O/c1-15(2,3)17-11-16(7-9-20-13-16)12-19-8-6-14(10-19)18(4)5/h14,17H,6-13H2,1-5H3. The molecule has 0 aliphatic carbocycles. The van der Waals surface area contributed by atoms with Crippen molar-refractivity contribution in [1.29, 1.82) is 0 Å². The van der Waals surface area contributed by atoms with E-state index in [1.807, 2.05) is 0 Å². The molecule has 2 aliphatic rings. The molecule has 0 aromatic heterocycles. The Kier molecular flexibility index (Phi) is 5.11. The van der Waals surface area contributed by atoms with Crippen LogP contribution in [-0.4, -0.2) is 74.9 Å². The molecule has 2 heterocycles. The van der Waals surface area contributed by atoms with E-state index >= 15 is 0 Å². The summed E-state index contributed by atoms with van der Waals surface area (Å²) in [4.78, 5) is 5.01. The van der Waals surface area contributed by atoms with Crippen molar-refractivity contribution < 1.29 is 4.74 Å². The Morgan fingerprint density at radius 2 is 2.10 bits per heavy atom. The second-order valence-electron chi connectivity index (χ2n) is 8.05. The van der Waals surface area contributed by atoms with Gasteiger partial charge in [0, 0.05) is 43.2 Å². The van der Waals surface area contributed by atoms with Gasteiger partial charge in [0.05, 0.1) is 6.61 Å². The van der Waals surface area contributed by atoms with E-state index in [1.165, 1.54) is 32.5 Å². The summed E-state index contributed by atoms with van der Waals surface area (Å²) in [7, 11) is 4.40. The number of nitrogens with one attached hydrogen (secondary N) is 1. The summed E-state index contributed by atoms with van der Waals surface area (Å²) in [5, 5.41) is 3.70. The topological polar surface area (TPSA) is 27.7 Å². The number of nitrogens with zero attached hydrogens (tertiary/aromatic N) is 2. The summed E-state index contributed by atoms with van der Waals surface area (Å²) in [6.45, 7) is 13.3. The van der Waals surface area contributed by atoms with Gasteiger partial charge in [0.15, 0.2) is 0 Å². The van der Waals surface area contributed by atoms with Crippen LogP contribution in [0.2, 0.25) is 0 Å². The number of rotatable bonds is 5. The van der Waals surface area contributed by atoms with Crippen molar-refractivity contribution >= 4 is 0 Å².